The molecule has 2 N–H and O–H groups in total. The van der Waals surface area contributed by atoms with Gasteiger partial charge in [-0.15, -0.1) is 0 Å². The van der Waals surface area contributed by atoms with Crippen LogP contribution in [0.15, 0.2) is 0 Å². The second-order valence-electron chi connectivity index (χ2n) is 7.18. The van der Waals surface area contributed by atoms with Crippen molar-refractivity contribution in [1.29, 1.82) is 0 Å². The highest BCUT2D eigenvalue weighted by molar-refractivity contribution is 7.88. The topological polar surface area (TPSA) is 91.0 Å². The third kappa shape index (κ3) is 5.58. The number of hydrogen-bond acceptors (Lipinski definition) is 5. The zero-order chi connectivity index (χ0) is 17.8. The third-order valence-electron chi connectivity index (χ3n) is 4.81. The van der Waals surface area contributed by atoms with E-state index in [0.29, 0.717) is 32.5 Å². The summed E-state index contributed by atoms with van der Waals surface area (Å²) in [5.74, 6) is 0. The lowest BCUT2D eigenvalue weighted by molar-refractivity contribution is -0.00877. The monoisotopic (exact) mass is 362 g/mol. The maximum Gasteiger partial charge on any atom is 0.315 e. The number of nitrogens with one attached hydrogen (secondary N) is 2. The summed E-state index contributed by atoms with van der Waals surface area (Å²) >= 11 is 0. The molecule has 0 unspecified atom stereocenters. The largest absolute Gasteiger partial charge is 0.379 e. The second kappa shape index (κ2) is 7.99. The van der Waals surface area contributed by atoms with Crippen molar-refractivity contribution in [2.24, 2.45) is 0 Å². The number of morpholine rings is 1. The number of ether oxygens (including phenoxy) is 1. The minimum absolute atomic E-state index is 0.0227. The van der Waals surface area contributed by atoms with Crippen LogP contribution in [0.5, 0.6) is 0 Å². The van der Waals surface area contributed by atoms with Crippen LogP contribution in [0.4, 0.5) is 4.79 Å². The molecule has 2 saturated heterocycles. The van der Waals surface area contributed by atoms with Gasteiger partial charge in [0.15, 0.2) is 0 Å². The zero-order valence-electron chi connectivity index (χ0n) is 14.9. The number of rotatable bonds is 5. The van der Waals surface area contributed by atoms with Crippen molar-refractivity contribution in [1.82, 2.24) is 19.8 Å². The van der Waals surface area contributed by atoms with Crippen molar-refractivity contribution in [3.63, 3.8) is 0 Å². The Morgan fingerprint density at radius 3 is 2.29 bits per heavy atom. The summed E-state index contributed by atoms with van der Waals surface area (Å²) in [6.45, 7) is 8.92. The molecular weight excluding hydrogens is 332 g/mol. The first-order valence-corrected chi connectivity index (χ1v) is 10.4. The molecule has 2 fully saturated rings. The molecule has 9 heteroatoms. The molecule has 8 nitrogen and oxygen atoms in total. The normalized spacial score (nSPS) is 22.3. The van der Waals surface area contributed by atoms with Gasteiger partial charge >= 0.3 is 6.03 Å². The summed E-state index contributed by atoms with van der Waals surface area (Å²) in [5.41, 5.74) is -0.124. The Hall–Kier alpha value is -0.900. The summed E-state index contributed by atoms with van der Waals surface area (Å²) < 4.78 is 29.8. The van der Waals surface area contributed by atoms with Crippen molar-refractivity contribution in [2.45, 2.75) is 38.3 Å². The van der Waals surface area contributed by atoms with Gasteiger partial charge in [-0.2, -0.15) is 0 Å². The molecule has 0 bridgehead atoms. The molecule has 0 spiro atoms. The van der Waals surface area contributed by atoms with Crippen LogP contribution >= 0.6 is 0 Å². The summed E-state index contributed by atoms with van der Waals surface area (Å²) in [5, 5.41) is 5.90. The Morgan fingerprint density at radius 2 is 1.75 bits per heavy atom. The van der Waals surface area contributed by atoms with Crippen molar-refractivity contribution in [3.8, 4) is 0 Å². The van der Waals surface area contributed by atoms with Crippen LogP contribution in [-0.2, 0) is 14.8 Å². The standard InChI is InChI=1S/C15H30N4O4S/c1-15(2,18-8-10-23-11-9-18)12-16-14(20)17-13-4-6-19(7-5-13)24(3,21)22/h13H,4-12H2,1-3H3,(H2,16,17,20). The van der Waals surface area contributed by atoms with Crippen LogP contribution in [-0.4, -0.2) is 87.4 Å². The van der Waals surface area contributed by atoms with Gasteiger partial charge in [0.25, 0.3) is 0 Å². The van der Waals surface area contributed by atoms with Gasteiger partial charge < -0.3 is 15.4 Å². The number of urea groups is 1. The Bertz CT molecular complexity index is 524. The highest BCUT2D eigenvalue weighted by Gasteiger charge is 2.29. The highest BCUT2D eigenvalue weighted by atomic mass is 32.2. The lowest BCUT2D eigenvalue weighted by Gasteiger charge is -2.41. The maximum absolute atomic E-state index is 12.1. The first-order chi connectivity index (χ1) is 11.2. The van der Waals surface area contributed by atoms with Gasteiger partial charge in [0.2, 0.25) is 10.0 Å². The first-order valence-electron chi connectivity index (χ1n) is 8.51. The van der Waals surface area contributed by atoms with E-state index in [2.05, 4.69) is 29.4 Å². The van der Waals surface area contributed by atoms with E-state index in [0.717, 1.165) is 26.3 Å². The van der Waals surface area contributed by atoms with E-state index in [1.54, 1.807) is 0 Å². The molecule has 2 aliphatic heterocycles. The number of sulfonamides is 1. The second-order valence-corrected chi connectivity index (χ2v) is 9.16. The number of carbonyl (C=O) groups excluding carboxylic acids is 1. The van der Waals surface area contributed by atoms with Crippen molar-refractivity contribution >= 4 is 16.1 Å². The fraction of sp³-hybridized carbons (Fsp3) is 0.933. The lowest BCUT2D eigenvalue weighted by Crippen LogP contribution is -2.57. The van der Waals surface area contributed by atoms with Crippen LogP contribution in [0.3, 0.4) is 0 Å². The smallest absolute Gasteiger partial charge is 0.315 e. The fourth-order valence-corrected chi connectivity index (χ4v) is 4.02. The number of carbonyl (C=O) groups is 1. The molecule has 2 aliphatic rings. The molecule has 0 aromatic carbocycles. The molecule has 140 valence electrons. The quantitative estimate of drug-likeness (QED) is 0.708. The van der Waals surface area contributed by atoms with E-state index in [4.69, 9.17) is 4.74 Å². The molecule has 0 saturated carbocycles. The van der Waals surface area contributed by atoms with Gasteiger partial charge in [-0.05, 0) is 26.7 Å². The maximum atomic E-state index is 12.1. The summed E-state index contributed by atoms with van der Waals surface area (Å²) in [6.07, 6.45) is 2.52. The van der Waals surface area contributed by atoms with Crippen LogP contribution in [0.2, 0.25) is 0 Å². The fourth-order valence-electron chi connectivity index (χ4n) is 3.15. The molecule has 0 radical (unpaired) electrons. The SMILES string of the molecule is CC(C)(CNC(=O)NC1CCN(S(C)(=O)=O)CC1)N1CCOCC1. The highest BCUT2D eigenvalue weighted by Crippen LogP contribution is 2.15. The lowest BCUT2D eigenvalue weighted by atomic mass is 10.0. The van der Waals surface area contributed by atoms with E-state index in [1.165, 1.54) is 10.6 Å². The van der Waals surface area contributed by atoms with Gasteiger partial charge in [-0.3, -0.25) is 4.90 Å². The molecular formula is C15H30N4O4S. The predicted octanol–water partition coefficient (Wildman–Crippen LogP) is -0.180. The molecule has 0 atom stereocenters. The molecule has 2 rings (SSSR count). The van der Waals surface area contributed by atoms with Crippen LogP contribution in [0.1, 0.15) is 26.7 Å². The minimum Gasteiger partial charge on any atom is -0.379 e. The molecule has 2 heterocycles. The average Bonchev–Trinajstić information content (AvgIpc) is 2.54. The van der Waals surface area contributed by atoms with Crippen LogP contribution in [0.25, 0.3) is 0 Å². The zero-order valence-corrected chi connectivity index (χ0v) is 15.7. The van der Waals surface area contributed by atoms with Gasteiger partial charge in [0, 0.05) is 44.3 Å². The van der Waals surface area contributed by atoms with Gasteiger partial charge in [-0.1, -0.05) is 0 Å². The van der Waals surface area contributed by atoms with E-state index >= 15 is 0 Å². The Morgan fingerprint density at radius 1 is 1.17 bits per heavy atom. The van der Waals surface area contributed by atoms with Crippen LogP contribution < -0.4 is 10.6 Å². The predicted molar refractivity (Wildman–Crippen MR) is 92.4 cm³/mol. The number of amides is 2. The molecule has 0 aliphatic carbocycles. The molecule has 0 aromatic rings. The molecule has 24 heavy (non-hydrogen) atoms. The van der Waals surface area contributed by atoms with Crippen molar-refractivity contribution < 1.29 is 17.9 Å². The Balaban J connectivity index is 1.72. The van der Waals surface area contributed by atoms with E-state index in [-0.39, 0.29) is 17.6 Å². The van der Waals surface area contributed by atoms with E-state index in [1.807, 2.05) is 0 Å². The number of piperidine rings is 1. The minimum atomic E-state index is -3.13. The summed E-state index contributed by atoms with van der Waals surface area (Å²) in [7, 11) is -3.13. The third-order valence-corrected chi connectivity index (χ3v) is 6.11. The van der Waals surface area contributed by atoms with Crippen molar-refractivity contribution in [2.75, 3.05) is 52.2 Å². The van der Waals surface area contributed by atoms with E-state index < -0.39 is 10.0 Å². The average molecular weight is 362 g/mol. The van der Waals surface area contributed by atoms with E-state index in [9.17, 15) is 13.2 Å². The summed E-state index contributed by atoms with van der Waals surface area (Å²) in [4.78, 5) is 14.4. The number of hydrogen-bond donors (Lipinski definition) is 2. The van der Waals surface area contributed by atoms with Crippen LogP contribution in [0, 0.1) is 0 Å². The van der Waals surface area contributed by atoms with Gasteiger partial charge in [-0.25, -0.2) is 17.5 Å². The summed E-state index contributed by atoms with van der Waals surface area (Å²) in [6, 6.07) is -0.163. The molecule has 0 aromatic heterocycles. The van der Waals surface area contributed by atoms with Gasteiger partial charge in [0.05, 0.1) is 19.5 Å². The van der Waals surface area contributed by atoms with Crippen molar-refractivity contribution in [3.05, 3.63) is 0 Å². The Kier molecular flexibility index (Phi) is 6.46. The first kappa shape index (κ1) is 19.4. The number of nitrogens with zero attached hydrogens (tertiary/aromatic N) is 2. The van der Waals surface area contributed by atoms with Gasteiger partial charge in [0.1, 0.15) is 0 Å². The Labute approximate surface area is 144 Å². The molecule has 2 amide bonds.